The first-order chi connectivity index (χ1) is 10.2. The van der Waals surface area contributed by atoms with Crippen molar-refractivity contribution >= 4 is 28.2 Å². The van der Waals surface area contributed by atoms with E-state index >= 15 is 0 Å². The van der Waals surface area contributed by atoms with Crippen molar-refractivity contribution in [3.8, 4) is 0 Å². The molecule has 0 saturated carbocycles. The molecule has 0 radical (unpaired) electrons. The third-order valence-electron chi connectivity index (χ3n) is 3.67. The molecule has 1 fully saturated rings. The van der Waals surface area contributed by atoms with E-state index < -0.39 is 0 Å². The minimum absolute atomic E-state index is 0.00226. The molecule has 21 heavy (non-hydrogen) atoms. The Labute approximate surface area is 129 Å². The molecule has 1 aliphatic rings. The van der Waals surface area contributed by atoms with Crippen LogP contribution in [0.15, 0.2) is 0 Å². The molecule has 1 amide bonds. The standard InChI is InChI=1S/C14H24N4O2S/c1-3-10(9-20-2)16-13(19)11-12(15)17-14(21-11)18-7-5-4-6-8-18/h10H,3-9,15H2,1-2H3,(H,16,19). The van der Waals surface area contributed by atoms with Gasteiger partial charge in [-0.1, -0.05) is 18.3 Å². The number of rotatable bonds is 6. The third kappa shape index (κ3) is 4.07. The normalized spacial score (nSPS) is 16.8. The number of carbonyl (C=O) groups is 1. The second-order valence-corrected chi connectivity index (χ2v) is 6.27. The highest BCUT2D eigenvalue weighted by Gasteiger charge is 2.22. The summed E-state index contributed by atoms with van der Waals surface area (Å²) >= 11 is 1.38. The van der Waals surface area contributed by atoms with Gasteiger partial charge in [0.25, 0.3) is 5.91 Å². The van der Waals surface area contributed by atoms with Crippen LogP contribution in [-0.2, 0) is 4.74 Å². The average Bonchev–Trinajstić information content (AvgIpc) is 2.89. The van der Waals surface area contributed by atoms with Crippen LogP contribution in [0.25, 0.3) is 0 Å². The van der Waals surface area contributed by atoms with Crippen molar-refractivity contribution in [3.63, 3.8) is 0 Å². The van der Waals surface area contributed by atoms with Crippen molar-refractivity contribution < 1.29 is 9.53 Å². The van der Waals surface area contributed by atoms with Gasteiger partial charge in [-0.2, -0.15) is 0 Å². The summed E-state index contributed by atoms with van der Waals surface area (Å²) in [5.74, 6) is 0.169. The maximum atomic E-state index is 12.3. The molecule has 7 heteroatoms. The number of amides is 1. The lowest BCUT2D eigenvalue weighted by molar-refractivity contribution is 0.0899. The number of ether oxygens (including phenoxy) is 1. The highest BCUT2D eigenvalue weighted by Crippen LogP contribution is 2.30. The molecule has 0 spiro atoms. The number of hydrogen-bond donors (Lipinski definition) is 2. The predicted octanol–water partition coefficient (Wildman–Crippen LogP) is 1.87. The lowest BCUT2D eigenvalue weighted by Gasteiger charge is -2.25. The Hall–Kier alpha value is -1.34. The Morgan fingerprint density at radius 1 is 1.48 bits per heavy atom. The highest BCUT2D eigenvalue weighted by molar-refractivity contribution is 7.18. The number of nitrogens with one attached hydrogen (secondary N) is 1. The number of methoxy groups -OCH3 is 1. The van der Waals surface area contributed by atoms with Crippen LogP contribution in [0.5, 0.6) is 0 Å². The summed E-state index contributed by atoms with van der Waals surface area (Å²) in [7, 11) is 1.63. The number of hydrogen-bond acceptors (Lipinski definition) is 6. The number of nitrogens with two attached hydrogens (primary N) is 1. The van der Waals surface area contributed by atoms with Crippen molar-refractivity contribution in [2.24, 2.45) is 0 Å². The van der Waals surface area contributed by atoms with Gasteiger partial charge in [0.15, 0.2) is 5.13 Å². The fourth-order valence-electron chi connectivity index (χ4n) is 2.42. The van der Waals surface area contributed by atoms with E-state index in [-0.39, 0.29) is 11.9 Å². The first-order valence-corrected chi connectivity index (χ1v) is 8.28. The van der Waals surface area contributed by atoms with Crippen LogP contribution in [0.1, 0.15) is 42.3 Å². The minimum Gasteiger partial charge on any atom is -0.383 e. The molecule has 1 unspecified atom stereocenters. The Balaban J connectivity index is 2.05. The minimum atomic E-state index is -0.155. The molecular weight excluding hydrogens is 288 g/mol. The van der Waals surface area contributed by atoms with Gasteiger partial charge in [0.1, 0.15) is 10.7 Å². The molecule has 1 aliphatic heterocycles. The van der Waals surface area contributed by atoms with Crippen molar-refractivity contribution in [1.82, 2.24) is 10.3 Å². The molecule has 118 valence electrons. The van der Waals surface area contributed by atoms with E-state index in [0.717, 1.165) is 24.6 Å². The first-order valence-electron chi connectivity index (χ1n) is 7.46. The van der Waals surface area contributed by atoms with Gasteiger partial charge in [-0.25, -0.2) is 4.98 Å². The van der Waals surface area contributed by atoms with E-state index in [9.17, 15) is 4.79 Å². The fraction of sp³-hybridized carbons (Fsp3) is 0.714. The van der Waals surface area contributed by atoms with E-state index in [1.807, 2.05) is 6.92 Å². The number of aromatic nitrogens is 1. The molecule has 2 heterocycles. The fourth-order valence-corrected chi connectivity index (χ4v) is 3.36. The smallest absolute Gasteiger partial charge is 0.265 e. The van der Waals surface area contributed by atoms with Crippen molar-refractivity contribution in [1.29, 1.82) is 0 Å². The summed E-state index contributed by atoms with van der Waals surface area (Å²) in [6, 6.07) is 0.00226. The number of carbonyl (C=O) groups excluding carboxylic acids is 1. The number of piperidine rings is 1. The monoisotopic (exact) mass is 312 g/mol. The van der Waals surface area contributed by atoms with Gasteiger partial charge in [-0.05, 0) is 25.7 Å². The van der Waals surface area contributed by atoms with Gasteiger partial charge in [-0.3, -0.25) is 4.79 Å². The molecule has 1 saturated heterocycles. The van der Waals surface area contributed by atoms with Gasteiger partial charge in [0.2, 0.25) is 0 Å². The van der Waals surface area contributed by atoms with Crippen molar-refractivity contribution in [3.05, 3.63) is 4.88 Å². The Bertz CT molecular complexity index is 472. The van der Waals surface area contributed by atoms with E-state index in [1.165, 1.54) is 30.6 Å². The summed E-state index contributed by atoms with van der Waals surface area (Å²) < 4.78 is 5.10. The second-order valence-electron chi connectivity index (χ2n) is 5.29. The summed E-state index contributed by atoms with van der Waals surface area (Å²) in [6.07, 6.45) is 4.43. The average molecular weight is 312 g/mol. The number of nitrogen functional groups attached to an aromatic ring is 1. The maximum absolute atomic E-state index is 12.3. The van der Waals surface area contributed by atoms with Crippen LogP contribution in [0.3, 0.4) is 0 Å². The van der Waals surface area contributed by atoms with Crippen molar-refractivity contribution in [2.75, 3.05) is 37.4 Å². The molecule has 6 nitrogen and oxygen atoms in total. The molecule has 1 aromatic rings. The first kappa shape index (κ1) is 16.0. The van der Waals surface area contributed by atoms with Gasteiger partial charge in [0.05, 0.1) is 12.6 Å². The quantitative estimate of drug-likeness (QED) is 0.838. The van der Waals surface area contributed by atoms with E-state index in [4.69, 9.17) is 10.5 Å². The number of nitrogens with zero attached hydrogens (tertiary/aromatic N) is 2. The zero-order chi connectivity index (χ0) is 15.2. The summed E-state index contributed by atoms with van der Waals surface area (Å²) in [4.78, 5) is 19.4. The zero-order valence-electron chi connectivity index (χ0n) is 12.7. The number of anilines is 2. The van der Waals surface area contributed by atoms with Crippen LogP contribution >= 0.6 is 11.3 Å². The zero-order valence-corrected chi connectivity index (χ0v) is 13.5. The molecule has 0 aliphatic carbocycles. The van der Waals surface area contributed by atoms with Crippen LogP contribution in [0, 0.1) is 0 Å². The Morgan fingerprint density at radius 2 is 2.19 bits per heavy atom. The molecule has 2 rings (SSSR count). The molecule has 0 aromatic carbocycles. The molecule has 3 N–H and O–H groups in total. The van der Waals surface area contributed by atoms with Gasteiger partial charge >= 0.3 is 0 Å². The summed E-state index contributed by atoms with van der Waals surface area (Å²) in [6.45, 7) is 4.50. The highest BCUT2D eigenvalue weighted by atomic mass is 32.1. The Morgan fingerprint density at radius 3 is 2.81 bits per heavy atom. The van der Waals surface area contributed by atoms with Gasteiger partial charge in [0, 0.05) is 20.2 Å². The maximum Gasteiger partial charge on any atom is 0.265 e. The molecular formula is C14H24N4O2S. The second kappa shape index (κ2) is 7.61. The van der Waals surface area contributed by atoms with Crippen LogP contribution in [-0.4, -0.2) is 43.7 Å². The molecule has 0 bridgehead atoms. The summed E-state index contributed by atoms with van der Waals surface area (Å²) in [5.41, 5.74) is 5.92. The van der Waals surface area contributed by atoms with Crippen LogP contribution in [0.2, 0.25) is 0 Å². The Kier molecular flexibility index (Phi) is 5.81. The van der Waals surface area contributed by atoms with Crippen LogP contribution < -0.4 is 16.0 Å². The largest absolute Gasteiger partial charge is 0.383 e. The van der Waals surface area contributed by atoms with Gasteiger partial charge < -0.3 is 20.7 Å². The third-order valence-corrected chi connectivity index (χ3v) is 4.80. The predicted molar refractivity (Wildman–Crippen MR) is 86.0 cm³/mol. The van der Waals surface area contributed by atoms with E-state index in [1.54, 1.807) is 7.11 Å². The van der Waals surface area contributed by atoms with E-state index in [0.29, 0.717) is 17.3 Å². The van der Waals surface area contributed by atoms with Gasteiger partial charge in [-0.15, -0.1) is 0 Å². The lowest BCUT2D eigenvalue weighted by Crippen LogP contribution is -2.37. The van der Waals surface area contributed by atoms with Crippen LogP contribution in [0.4, 0.5) is 10.9 Å². The summed E-state index contributed by atoms with van der Waals surface area (Å²) in [5, 5.41) is 3.81. The molecule has 1 aromatic heterocycles. The molecule has 1 atom stereocenters. The SMILES string of the molecule is CCC(COC)NC(=O)c1sc(N2CCCCC2)nc1N. The number of thiazole rings is 1. The van der Waals surface area contributed by atoms with Crippen molar-refractivity contribution in [2.45, 2.75) is 38.6 Å². The lowest BCUT2D eigenvalue weighted by atomic mass is 10.1. The topological polar surface area (TPSA) is 80.5 Å². The van der Waals surface area contributed by atoms with E-state index in [2.05, 4.69) is 15.2 Å².